The van der Waals surface area contributed by atoms with Crippen LogP contribution in [0.5, 0.6) is 5.75 Å². The van der Waals surface area contributed by atoms with Gasteiger partial charge in [0.2, 0.25) is 0 Å². The highest BCUT2D eigenvalue weighted by Gasteiger charge is 2.21. The number of hydrogen-bond acceptors (Lipinski definition) is 6. The smallest absolute Gasteiger partial charge is 0.382 e. The van der Waals surface area contributed by atoms with Gasteiger partial charge < -0.3 is 10.1 Å². The van der Waals surface area contributed by atoms with E-state index in [9.17, 15) is 14.7 Å². The molecule has 116 valence electrons. The van der Waals surface area contributed by atoms with Gasteiger partial charge in [-0.2, -0.15) is 4.89 Å². The van der Waals surface area contributed by atoms with Crippen molar-refractivity contribution in [3.8, 4) is 5.75 Å². The van der Waals surface area contributed by atoms with Gasteiger partial charge in [-0.1, -0.05) is 30.3 Å². The number of pyridine rings is 2. The third-order valence-electron chi connectivity index (χ3n) is 3.17. The van der Waals surface area contributed by atoms with Crippen LogP contribution in [0.4, 0.5) is 0 Å². The number of hydrogen-bond donors (Lipinski definition) is 2. The summed E-state index contributed by atoms with van der Waals surface area (Å²) in [7, 11) is 0. The zero-order chi connectivity index (χ0) is 16.2. The summed E-state index contributed by atoms with van der Waals surface area (Å²) in [6, 6.07) is 12.1. The van der Waals surface area contributed by atoms with Crippen molar-refractivity contribution in [1.29, 1.82) is 0 Å². The summed E-state index contributed by atoms with van der Waals surface area (Å²) >= 11 is 0. The van der Waals surface area contributed by atoms with E-state index in [0.29, 0.717) is 0 Å². The molecule has 0 aliphatic rings. The van der Waals surface area contributed by atoms with Crippen molar-refractivity contribution in [3.63, 3.8) is 0 Å². The minimum Gasteiger partial charge on any atom is -0.506 e. The van der Waals surface area contributed by atoms with E-state index in [2.05, 4.69) is 14.9 Å². The Kier molecular flexibility index (Phi) is 4.03. The van der Waals surface area contributed by atoms with E-state index in [1.165, 1.54) is 12.3 Å². The maximum atomic E-state index is 12.0. The quantitative estimate of drug-likeness (QED) is 0.564. The van der Waals surface area contributed by atoms with Crippen LogP contribution in [0.15, 0.2) is 53.5 Å². The van der Waals surface area contributed by atoms with Gasteiger partial charge in [0.15, 0.2) is 5.56 Å². The Morgan fingerprint density at radius 2 is 1.96 bits per heavy atom. The number of fused-ring (bicyclic) bond motifs is 1. The van der Waals surface area contributed by atoms with Gasteiger partial charge in [0, 0.05) is 6.20 Å². The summed E-state index contributed by atoms with van der Waals surface area (Å²) < 4.78 is 0. The Balaban J connectivity index is 1.80. The molecule has 0 saturated heterocycles. The lowest BCUT2D eigenvalue weighted by atomic mass is 10.2. The van der Waals surface area contributed by atoms with E-state index in [1.54, 1.807) is 18.2 Å². The Morgan fingerprint density at radius 3 is 2.74 bits per heavy atom. The highest BCUT2D eigenvalue weighted by Crippen LogP contribution is 2.23. The van der Waals surface area contributed by atoms with Crippen LogP contribution in [0, 0.1) is 0 Å². The van der Waals surface area contributed by atoms with E-state index in [-0.39, 0.29) is 17.6 Å². The summed E-state index contributed by atoms with van der Waals surface area (Å²) in [6.07, 6.45) is 1.46. The topological polar surface area (TPSA) is 102 Å². The van der Waals surface area contributed by atoms with Gasteiger partial charge in [0.1, 0.15) is 18.0 Å². The zero-order valence-electron chi connectivity index (χ0n) is 11.9. The molecule has 23 heavy (non-hydrogen) atoms. The van der Waals surface area contributed by atoms with E-state index in [1.807, 2.05) is 18.2 Å². The Hall–Kier alpha value is -3.19. The van der Waals surface area contributed by atoms with E-state index < -0.39 is 22.8 Å². The molecule has 7 nitrogen and oxygen atoms in total. The predicted octanol–water partition coefficient (Wildman–Crippen LogP) is 1.92. The highest BCUT2D eigenvalue weighted by atomic mass is 17.2. The molecule has 0 bridgehead atoms. The fourth-order valence-corrected chi connectivity index (χ4v) is 2.06. The SMILES string of the molecule is O=C(OOCc1ccccc1)c1c(O)c2cccnc2[nH]c1=O. The number of aromatic nitrogens is 2. The fraction of sp³-hybridized carbons (Fsp3) is 0.0625. The fourth-order valence-electron chi connectivity index (χ4n) is 2.06. The molecule has 3 rings (SSSR count). The van der Waals surface area contributed by atoms with Crippen molar-refractivity contribution in [1.82, 2.24) is 9.97 Å². The number of H-pyrrole nitrogens is 1. The lowest BCUT2D eigenvalue weighted by Gasteiger charge is -2.06. The Bertz CT molecular complexity index is 905. The van der Waals surface area contributed by atoms with Crippen molar-refractivity contribution < 1.29 is 19.7 Å². The van der Waals surface area contributed by atoms with Gasteiger partial charge in [0.25, 0.3) is 5.56 Å². The normalized spacial score (nSPS) is 10.6. The van der Waals surface area contributed by atoms with Crippen LogP contribution < -0.4 is 5.56 Å². The van der Waals surface area contributed by atoms with E-state index >= 15 is 0 Å². The van der Waals surface area contributed by atoms with E-state index in [4.69, 9.17) is 4.89 Å². The number of aromatic hydroxyl groups is 1. The molecule has 0 amide bonds. The van der Waals surface area contributed by atoms with Gasteiger partial charge in [-0.25, -0.2) is 9.78 Å². The summed E-state index contributed by atoms with van der Waals surface area (Å²) in [5.74, 6) is -1.57. The summed E-state index contributed by atoms with van der Waals surface area (Å²) in [6.45, 7) is 0.0282. The van der Waals surface area contributed by atoms with Crippen LogP contribution in [0.3, 0.4) is 0 Å². The van der Waals surface area contributed by atoms with Crippen LogP contribution in [-0.2, 0) is 16.4 Å². The third-order valence-corrected chi connectivity index (χ3v) is 3.17. The first-order chi connectivity index (χ1) is 11.2. The second-order valence-corrected chi connectivity index (χ2v) is 4.70. The average molecular weight is 312 g/mol. The molecule has 1 aromatic carbocycles. The lowest BCUT2D eigenvalue weighted by Crippen LogP contribution is -2.20. The number of benzene rings is 1. The largest absolute Gasteiger partial charge is 0.506 e. The van der Waals surface area contributed by atoms with Crippen LogP contribution in [0.2, 0.25) is 0 Å². The first kappa shape index (κ1) is 14.7. The maximum Gasteiger partial charge on any atom is 0.382 e. The molecule has 2 heterocycles. The van der Waals surface area contributed by atoms with Crippen molar-refractivity contribution >= 4 is 17.0 Å². The van der Waals surface area contributed by atoms with Gasteiger partial charge in [-0.3, -0.25) is 9.68 Å². The minimum absolute atomic E-state index is 0.0282. The number of nitrogens with zero attached hydrogens (tertiary/aromatic N) is 1. The van der Waals surface area contributed by atoms with Crippen LogP contribution in [0.1, 0.15) is 15.9 Å². The number of nitrogens with one attached hydrogen (secondary N) is 1. The predicted molar refractivity (Wildman–Crippen MR) is 80.7 cm³/mol. The Morgan fingerprint density at radius 1 is 1.17 bits per heavy atom. The molecule has 0 radical (unpaired) electrons. The van der Waals surface area contributed by atoms with Crippen LogP contribution >= 0.6 is 0 Å². The number of rotatable bonds is 4. The highest BCUT2D eigenvalue weighted by molar-refractivity contribution is 5.98. The molecule has 0 unspecified atom stereocenters. The van der Waals surface area contributed by atoms with Crippen LogP contribution in [0.25, 0.3) is 11.0 Å². The second kappa shape index (κ2) is 6.29. The summed E-state index contributed by atoms with van der Waals surface area (Å²) in [5, 5.41) is 10.3. The van der Waals surface area contributed by atoms with Crippen molar-refractivity contribution in [2.24, 2.45) is 0 Å². The molecule has 2 N–H and O–H groups in total. The van der Waals surface area contributed by atoms with Crippen LogP contribution in [-0.4, -0.2) is 21.0 Å². The van der Waals surface area contributed by atoms with Crippen molar-refractivity contribution in [2.45, 2.75) is 6.61 Å². The first-order valence-corrected chi connectivity index (χ1v) is 6.74. The summed E-state index contributed by atoms with van der Waals surface area (Å²) in [4.78, 5) is 39.6. The molecule has 0 aliphatic heterocycles. The summed E-state index contributed by atoms with van der Waals surface area (Å²) in [5.41, 5.74) is -0.363. The molecule has 7 heteroatoms. The monoisotopic (exact) mass is 312 g/mol. The maximum absolute atomic E-state index is 12.0. The average Bonchev–Trinajstić information content (AvgIpc) is 2.56. The van der Waals surface area contributed by atoms with E-state index in [0.717, 1.165) is 5.56 Å². The Labute approximate surface area is 130 Å². The molecule has 0 atom stereocenters. The van der Waals surface area contributed by atoms with Gasteiger partial charge in [-0.05, 0) is 17.7 Å². The van der Waals surface area contributed by atoms with Gasteiger partial charge >= 0.3 is 5.97 Å². The van der Waals surface area contributed by atoms with Gasteiger partial charge in [0.05, 0.1) is 5.39 Å². The van der Waals surface area contributed by atoms with Gasteiger partial charge in [-0.15, -0.1) is 0 Å². The molecule has 3 aromatic rings. The number of carbonyl (C=O) groups is 1. The first-order valence-electron chi connectivity index (χ1n) is 6.74. The molecule has 0 spiro atoms. The standard InChI is InChI=1S/C16H12N2O5/c19-13-11-7-4-8-17-14(11)18-15(20)12(13)16(21)23-22-9-10-5-2-1-3-6-10/h1-8H,9H2,(H2,17,18,19,20). The number of aromatic amines is 1. The zero-order valence-corrected chi connectivity index (χ0v) is 11.9. The molecule has 0 aliphatic carbocycles. The van der Waals surface area contributed by atoms with Crippen molar-refractivity contribution in [3.05, 3.63) is 70.1 Å². The number of carbonyl (C=O) groups excluding carboxylic acids is 1. The molecular weight excluding hydrogens is 300 g/mol. The second-order valence-electron chi connectivity index (χ2n) is 4.70. The lowest BCUT2D eigenvalue weighted by molar-refractivity contribution is -0.250. The molecule has 0 saturated carbocycles. The molecule has 2 aromatic heterocycles. The molecular formula is C16H12N2O5. The third kappa shape index (κ3) is 3.04. The minimum atomic E-state index is -1.08. The molecule has 0 fully saturated rings. The van der Waals surface area contributed by atoms with Crippen molar-refractivity contribution in [2.75, 3.05) is 0 Å².